The zero-order valence-electron chi connectivity index (χ0n) is 16.9. The zero-order valence-corrected chi connectivity index (χ0v) is 16.9. The van der Waals surface area contributed by atoms with Gasteiger partial charge in [0.1, 0.15) is 0 Å². The van der Waals surface area contributed by atoms with Crippen LogP contribution in [0.1, 0.15) is 0 Å². The first-order valence-corrected chi connectivity index (χ1v) is 8.35. The van der Waals surface area contributed by atoms with Gasteiger partial charge in [0.25, 0.3) is 0 Å². The van der Waals surface area contributed by atoms with Crippen LogP contribution in [-0.2, 0) is 47.4 Å². The summed E-state index contributed by atoms with van der Waals surface area (Å²) in [6.45, 7) is -23.3. The summed E-state index contributed by atoms with van der Waals surface area (Å²) in [4.78, 5) is 0. The van der Waals surface area contributed by atoms with E-state index in [0.717, 1.165) is 0 Å². The Morgan fingerprint density at radius 1 is 0.265 bits per heavy atom. The molecule has 20 heteroatoms. The summed E-state index contributed by atoms with van der Waals surface area (Å²) in [6.07, 6.45) is 0. The fraction of sp³-hybridized carbons (Fsp3) is 1.00. The molecule has 0 aromatic heterocycles. The van der Waals surface area contributed by atoms with Crippen molar-refractivity contribution in [2.45, 2.75) is 23.5 Å². The monoisotopic (exact) mass is 538 g/mol. The van der Waals surface area contributed by atoms with Gasteiger partial charge in [0.15, 0.2) is 68.6 Å². The van der Waals surface area contributed by atoms with E-state index in [9.17, 15) is 43.9 Å². The number of ether oxygens (including phenoxy) is 10. The van der Waals surface area contributed by atoms with Crippen LogP contribution < -0.4 is 0 Å². The second-order valence-electron chi connectivity index (χ2n) is 4.88. The Morgan fingerprint density at radius 3 is 0.529 bits per heavy atom. The second kappa shape index (κ2) is 16.5. The van der Waals surface area contributed by atoms with E-state index in [2.05, 4.69) is 47.4 Å². The van der Waals surface area contributed by atoms with Crippen molar-refractivity contribution in [1.29, 1.82) is 0 Å². The van der Waals surface area contributed by atoms with Crippen molar-refractivity contribution in [3.63, 3.8) is 0 Å². The Balaban J connectivity index is 7.86. The lowest BCUT2D eigenvalue weighted by Gasteiger charge is -2.56. The van der Waals surface area contributed by atoms with Gasteiger partial charge in [-0.2, -0.15) is 0 Å². The van der Waals surface area contributed by atoms with Crippen LogP contribution >= 0.6 is 0 Å². The van der Waals surface area contributed by atoms with Crippen LogP contribution in [0, 0.1) is 0 Å². The molecular weight excluding hydrogens is 518 g/mol. The Bertz CT molecular complexity index is 436. The molecule has 0 amide bonds. The lowest BCUT2D eigenvalue weighted by atomic mass is 9.98. The van der Waals surface area contributed by atoms with Gasteiger partial charge in [0.2, 0.25) is 0 Å². The van der Waals surface area contributed by atoms with Gasteiger partial charge in [-0.05, 0) is 0 Å². The standard InChI is InChI=1S/C14H20F10O10/c15-1-25-11(26-2-16,13(29-5-19,30-6-20)31-7-21)12(27-3-17,28-4-18)14(32-8-22,33-9-23)34-10-24/h1-10H2. The summed E-state index contributed by atoms with van der Waals surface area (Å²) < 4.78 is 176. The third-order valence-corrected chi connectivity index (χ3v) is 3.74. The fourth-order valence-corrected chi connectivity index (χ4v) is 2.78. The minimum Gasteiger partial charge on any atom is -0.307 e. The average Bonchev–Trinajstić information content (AvgIpc) is 2.79. The van der Waals surface area contributed by atoms with Gasteiger partial charge < -0.3 is 18.9 Å². The summed E-state index contributed by atoms with van der Waals surface area (Å²) >= 11 is 0. The molecular formula is C14H20F10O10. The quantitative estimate of drug-likeness (QED) is 0.143. The van der Waals surface area contributed by atoms with E-state index in [1.807, 2.05) is 0 Å². The molecule has 0 saturated heterocycles. The summed E-state index contributed by atoms with van der Waals surface area (Å²) in [5.41, 5.74) is 0. The van der Waals surface area contributed by atoms with E-state index in [-0.39, 0.29) is 0 Å². The molecule has 10 nitrogen and oxygen atoms in total. The third-order valence-electron chi connectivity index (χ3n) is 3.74. The van der Waals surface area contributed by atoms with Gasteiger partial charge in [-0.3, -0.25) is 28.4 Å². The molecule has 0 rings (SSSR count). The minimum atomic E-state index is -4.47. The van der Waals surface area contributed by atoms with Gasteiger partial charge >= 0.3 is 23.5 Å². The van der Waals surface area contributed by atoms with Crippen molar-refractivity contribution in [3.05, 3.63) is 0 Å². The van der Waals surface area contributed by atoms with Crippen LogP contribution in [0.4, 0.5) is 43.9 Å². The van der Waals surface area contributed by atoms with Gasteiger partial charge in [0, 0.05) is 0 Å². The van der Waals surface area contributed by atoms with Gasteiger partial charge in [-0.1, -0.05) is 0 Å². The fourth-order valence-electron chi connectivity index (χ4n) is 2.78. The largest absolute Gasteiger partial charge is 0.353 e. The smallest absolute Gasteiger partial charge is 0.307 e. The first-order valence-electron chi connectivity index (χ1n) is 8.35. The van der Waals surface area contributed by atoms with Crippen LogP contribution in [0.5, 0.6) is 0 Å². The first kappa shape index (κ1) is 32.9. The van der Waals surface area contributed by atoms with Crippen molar-refractivity contribution in [1.82, 2.24) is 0 Å². The van der Waals surface area contributed by atoms with E-state index >= 15 is 0 Å². The number of halogens is 10. The molecule has 0 saturated carbocycles. The van der Waals surface area contributed by atoms with Crippen molar-refractivity contribution in [2.24, 2.45) is 0 Å². The number of alkyl halides is 10. The molecule has 0 fully saturated rings. The lowest BCUT2D eigenvalue weighted by Crippen LogP contribution is -2.82. The third kappa shape index (κ3) is 6.36. The molecule has 0 unspecified atom stereocenters. The highest BCUT2D eigenvalue weighted by Crippen LogP contribution is 2.52. The van der Waals surface area contributed by atoms with Crippen LogP contribution in [0.3, 0.4) is 0 Å². The maximum Gasteiger partial charge on any atom is 0.353 e. The normalized spacial score (nSPS) is 13.6. The van der Waals surface area contributed by atoms with Crippen molar-refractivity contribution < 1.29 is 91.3 Å². The second-order valence-corrected chi connectivity index (χ2v) is 4.88. The van der Waals surface area contributed by atoms with E-state index < -0.39 is 92.1 Å². The maximum atomic E-state index is 13.5. The highest BCUT2D eigenvalue weighted by atomic mass is 19.2. The first-order chi connectivity index (χ1) is 16.4. The number of hydrogen-bond acceptors (Lipinski definition) is 10. The molecule has 0 spiro atoms. The summed E-state index contributed by atoms with van der Waals surface area (Å²) in [5.74, 6) is -17.4. The Kier molecular flexibility index (Phi) is 16.0. The molecule has 0 aromatic carbocycles. The SMILES string of the molecule is FCOC(OCF)(OCF)C(OCF)(OCF)C(OCF)(OCF)C(OCF)(OCF)OCF. The molecule has 0 bridgehead atoms. The Hall–Kier alpha value is -1.10. The molecule has 0 aromatic rings. The summed E-state index contributed by atoms with van der Waals surface area (Å²) in [5, 5.41) is 0. The molecule has 0 heterocycles. The van der Waals surface area contributed by atoms with Crippen LogP contribution in [0.2, 0.25) is 0 Å². The molecule has 0 radical (unpaired) electrons. The minimum absolute atomic E-state index is 2.28. The molecule has 34 heavy (non-hydrogen) atoms. The highest BCUT2D eigenvalue weighted by Gasteiger charge is 2.83. The van der Waals surface area contributed by atoms with Crippen LogP contribution in [0.15, 0.2) is 0 Å². The van der Waals surface area contributed by atoms with Crippen LogP contribution in [0.25, 0.3) is 0 Å². The Morgan fingerprint density at radius 2 is 0.412 bits per heavy atom. The van der Waals surface area contributed by atoms with E-state index in [0.29, 0.717) is 0 Å². The van der Waals surface area contributed by atoms with E-state index in [4.69, 9.17) is 0 Å². The van der Waals surface area contributed by atoms with Gasteiger partial charge in [0.05, 0.1) is 0 Å². The molecule has 206 valence electrons. The topological polar surface area (TPSA) is 92.3 Å². The molecule has 0 aliphatic carbocycles. The predicted octanol–water partition coefficient (Wildman–Crippen LogP) is 3.12. The van der Waals surface area contributed by atoms with Crippen LogP contribution in [-0.4, -0.2) is 92.1 Å². The zero-order chi connectivity index (χ0) is 26.1. The van der Waals surface area contributed by atoms with Crippen molar-refractivity contribution in [2.75, 3.05) is 68.6 Å². The number of rotatable bonds is 23. The molecule has 0 atom stereocenters. The van der Waals surface area contributed by atoms with Gasteiger partial charge in [-0.15, -0.1) is 0 Å². The summed E-state index contributed by atoms with van der Waals surface area (Å²) in [7, 11) is 0. The Labute approximate surface area is 184 Å². The van der Waals surface area contributed by atoms with E-state index in [1.54, 1.807) is 0 Å². The van der Waals surface area contributed by atoms with E-state index in [1.165, 1.54) is 0 Å². The maximum absolute atomic E-state index is 13.5. The molecule has 0 N–H and O–H groups in total. The van der Waals surface area contributed by atoms with Gasteiger partial charge in [-0.25, -0.2) is 43.9 Å². The predicted molar refractivity (Wildman–Crippen MR) is 81.5 cm³/mol. The highest BCUT2D eigenvalue weighted by molar-refractivity contribution is 5.03. The average molecular weight is 538 g/mol. The van der Waals surface area contributed by atoms with Crippen molar-refractivity contribution in [3.8, 4) is 0 Å². The summed E-state index contributed by atoms with van der Waals surface area (Å²) in [6, 6.07) is 0. The number of hydrogen-bond donors (Lipinski definition) is 0. The molecule has 0 aliphatic rings. The lowest BCUT2D eigenvalue weighted by molar-refractivity contribution is -0.624. The molecule has 0 aliphatic heterocycles. The van der Waals surface area contributed by atoms with Crippen molar-refractivity contribution >= 4 is 0 Å².